The van der Waals surface area contributed by atoms with E-state index >= 15 is 0 Å². The van der Waals surface area contributed by atoms with Gasteiger partial charge in [-0.15, -0.1) is 0 Å². The SMILES string of the molecule is C=Cc1c(/C=C\C)c2ccccc2n1C.CC.CC. The van der Waals surface area contributed by atoms with E-state index in [2.05, 4.69) is 54.6 Å². The smallest absolute Gasteiger partial charge is 0.0488 e. The zero-order valence-corrected chi connectivity index (χ0v) is 13.2. The van der Waals surface area contributed by atoms with Gasteiger partial charge in [0.2, 0.25) is 0 Å². The molecule has 1 aromatic heterocycles. The molecular weight excluding hydrogens is 230 g/mol. The fraction of sp³-hybridized carbons (Fsp3) is 0.333. The zero-order valence-electron chi connectivity index (χ0n) is 13.2. The Morgan fingerprint density at radius 1 is 1.05 bits per heavy atom. The summed E-state index contributed by atoms with van der Waals surface area (Å²) >= 11 is 0. The summed E-state index contributed by atoms with van der Waals surface area (Å²) in [5, 5.41) is 1.29. The molecule has 1 heteroatoms. The molecule has 0 aliphatic carbocycles. The third-order valence-corrected chi connectivity index (χ3v) is 2.72. The summed E-state index contributed by atoms with van der Waals surface area (Å²) in [5.74, 6) is 0. The van der Waals surface area contributed by atoms with Crippen molar-refractivity contribution in [3.8, 4) is 0 Å². The summed E-state index contributed by atoms with van der Waals surface area (Å²) in [6, 6.07) is 8.42. The third kappa shape index (κ3) is 3.60. The highest BCUT2D eigenvalue weighted by Gasteiger charge is 2.08. The van der Waals surface area contributed by atoms with Crippen LogP contribution in [-0.4, -0.2) is 4.57 Å². The highest BCUT2D eigenvalue weighted by molar-refractivity contribution is 5.93. The molecule has 0 unspecified atom stereocenters. The van der Waals surface area contributed by atoms with Crippen LogP contribution in [0, 0.1) is 0 Å². The monoisotopic (exact) mass is 257 g/mol. The van der Waals surface area contributed by atoms with E-state index < -0.39 is 0 Å². The molecule has 104 valence electrons. The predicted octanol–water partition coefficient (Wildman–Crippen LogP) is 5.91. The number of aromatic nitrogens is 1. The summed E-state index contributed by atoms with van der Waals surface area (Å²) in [6.45, 7) is 13.9. The van der Waals surface area contributed by atoms with E-state index in [-0.39, 0.29) is 0 Å². The first-order chi connectivity index (χ1) is 9.29. The van der Waals surface area contributed by atoms with Crippen molar-refractivity contribution in [2.45, 2.75) is 34.6 Å². The molecule has 0 spiro atoms. The van der Waals surface area contributed by atoms with Crippen molar-refractivity contribution >= 4 is 23.1 Å². The van der Waals surface area contributed by atoms with E-state index in [9.17, 15) is 0 Å². The molecule has 0 N–H and O–H groups in total. The summed E-state index contributed by atoms with van der Waals surface area (Å²) in [7, 11) is 2.08. The maximum atomic E-state index is 3.88. The van der Waals surface area contributed by atoms with Crippen LogP contribution < -0.4 is 0 Å². The van der Waals surface area contributed by atoms with Crippen LogP contribution in [0.4, 0.5) is 0 Å². The lowest BCUT2D eigenvalue weighted by atomic mass is 10.1. The number of hydrogen-bond acceptors (Lipinski definition) is 0. The van der Waals surface area contributed by atoms with Gasteiger partial charge in [-0.05, 0) is 19.1 Å². The van der Waals surface area contributed by atoms with E-state index in [1.165, 1.54) is 22.2 Å². The first kappa shape index (κ1) is 17.2. The number of allylic oxidation sites excluding steroid dienone is 1. The highest BCUT2D eigenvalue weighted by atomic mass is 14.9. The Labute approximate surface area is 118 Å². The molecule has 0 aliphatic rings. The van der Waals surface area contributed by atoms with E-state index in [0.29, 0.717) is 0 Å². The summed E-state index contributed by atoms with van der Waals surface area (Å²) in [4.78, 5) is 0. The second-order valence-corrected chi connectivity index (χ2v) is 3.58. The van der Waals surface area contributed by atoms with Crippen LogP contribution in [0.15, 0.2) is 36.9 Å². The maximum Gasteiger partial charge on any atom is 0.0488 e. The van der Waals surface area contributed by atoms with Crippen LogP contribution in [0.5, 0.6) is 0 Å². The molecule has 2 rings (SSSR count). The molecule has 1 heterocycles. The van der Waals surface area contributed by atoms with Gasteiger partial charge in [-0.25, -0.2) is 0 Å². The molecule has 2 aromatic rings. The minimum Gasteiger partial charge on any atom is -0.344 e. The fourth-order valence-electron chi connectivity index (χ4n) is 2.03. The number of benzene rings is 1. The number of aryl methyl sites for hydroxylation is 1. The van der Waals surface area contributed by atoms with Gasteiger partial charge in [0.15, 0.2) is 0 Å². The lowest BCUT2D eigenvalue weighted by molar-refractivity contribution is 0.953. The largest absolute Gasteiger partial charge is 0.344 e. The van der Waals surface area contributed by atoms with E-state index in [1.54, 1.807) is 0 Å². The molecule has 0 fully saturated rings. The lowest BCUT2D eigenvalue weighted by Crippen LogP contribution is -1.90. The highest BCUT2D eigenvalue weighted by Crippen LogP contribution is 2.27. The molecule has 0 bridgehead atoms. The van der Waals surface area contributed by atoms with Crippen molar-refractivity contribution in [1.29, 1.82) is 0 Å². The quantitative estimate of drug-likeness (QED) is 0.630. The third-order valence-electron chi connectivity index (χ3n) is 2.72. The number of rotatable bonds is 2. The number of para-hydroxylation sites is 1. The van der Waals surface area contributed by atoms with Gasteiger partial charge in [-0.3, -0.25) is 0 Å². The van der Waals surface area contributed by atoms with Gasteiger partial charge >= 0.3 is 0 Å². The molecule has 19 heavy (non-hydrogen) atoms. The number of nitrogens with zero attached hydrogens (tertiary/aromatic N) is 1. The molecule has 1 aromatic carbocycles. The maximum absolute atomic E-state index is 3.88. The van der Waals surface area contributed by atoms with Crippen LogP contribution in [0.25, 0.3) is 23.1 Å². The standard InChI is InChI=1S/C14H15N.2C2H6/c1-4-8-11-12-9-6-7-10-14(12)15(3)13(11)5-2;2*1-2/h4-10H,2H2,1,3H3;2*1-2H3/b8-4-;;. The van der Waals surface area contributed by atoms with Crippen molar-refractivity contribution < 1.29 is 0 Å². The Bertz CT molecular complexity index is 530. The second-order valence-electron chi connectivity index (χ2n) is 3.58. The fourth-order valence-corrected chi connectivity index (χ4v) is 2.03. The van der Waals surface area contributed by atoms with Crippen LogP contribution in [-0.2, 0) is 7.05 Å². The van der Waals surface area contributed by atoms with E-state index in [4.69, 9.17) is 0 Å². The van der Waals surface area contributed by atoms with Gasteiger partial charge in [0.25, 0.3) is 0 Å². The van der Waals surface area contributed by atoms with E-state index in [1.807, 2.05) is 40.7 Å². The van der Waals surface area contributed by atoms with Gasteiger partial charge < -0.3 is 4.57 Å². The Morgan fingerprint density at radius 2 is 1.63 bits per heavy atom. The topological polar surface area (TPSA) is 4.93 Å². The summed E-state index contributed by atoms with van der Waals surface area (Å²) < 4.78 is 2.18. The molecule has 0 atom stereocenters. The van der Waals surface area contributed by atoms with Crippen molar-refractivity contribution in [3.63, 3.8) is 0 Å². The first-order valence-electron chi connectivity index (χ1n) is 7.12. The van der Waals surface area contributed by atoms with Gasteiger partial charge in [-0.1, -0.05) is 64.6 Å². The average molecular weight is 257 g/mol. The normalized spacial score (nSPS) is 9.58. The molecular formula is C18H27N. The average Bonchev–Trinajstić information content (AvgIpc) is 2.77. The van der Waals surface area contributed by atoms with Crippen molar-refractivity contribution in [2.75, 3.05) is 0 Å². The van der Waals surface area contributed by atoms with E-state index in [0.717, 1.165) is 0 Å². The number of fused-ring (bicyclic) bond motifs is 1. The Kier molecular flexibility index (Phi) is 8.35. The van der Waals surface area contributed by atoms with Crippen LogP contribution >= 0.6 is 0 Å². The van der Waals surface area contributed by atoms with Crippen LogP contribution in [0.1, 0.15) is 45.9 Å². The first-order valence-corrected chi connectivity index (χ1v) is 7.12. The summed E-state index contributed by atoms with van der Waals surface area (Å²) in [5.41, 5.74) is 3.68. The molecule has 0 saturated carbocycles. The second kappa shape index (κ2) is 9.21. The van der Waals surface area contributed by atoms with Gasteiger partial charge in [0.05, 0.1) is 0 Å². The molecule has 0 saturated heterocycles. The van der Waals surface area contributed by atoms with Gasteiger partial charge in [0, 0.05) is 29.2 Å². The minimum atomic E-state index is 1.18. The molecule has 1 nitrogen and oxygen atoms in total. The minimum absolute atomic E-state index is 1.18. The Balaban J connectivity index is 0.000000741. The number of hydrogen-bond donors (Lipinski definition) is 0. The summed E-state index contributed by atoms with van der Waals surface area (Å²) in [6.07, 6.45) is 6.11. The Hall–Kier alpha value is -1.76. The van der Waals surface area contributed by atoms with Crippen molar-refractivity contribution in [1.82, 2.24) is 4.57 Å². The van der Waals surface area contributed by atoms with Crippen molar-refractivity contribution in [2.24, 2.45) is 7.05 Å². The van der Waals surface area contributed by atoms with Crippen LogP contribution in [0.2, 0.25) is 0 Å². The zero-order chi connectivity index (χ0) is 14.8. The molecule has 0 aliphatic heterocycles. The predicted molar refractivity (Wildman–Crippen MR) is 90.4 cm³/mol. The van der Waals surface area contributed by atoms with Crippen LogP contribution in [0.3, 0.4) is 0 Å². The van der Waals surface area contributed by atoms with Crippen molar-refractivity contribution in [3.05, 3.63) is 48.2 Å². The molecule has 0 amide bonds. The lowest BCUT2D eigenvalue weighted by Gasteiger charge is -1.98. The molecule has 0 radical (unpaired) electrons. The van der Waals surface area contributed by atoms with Gasteiger partial charge in [-0.2, -0.15) is 0 Å². The van der Waals surface area contributed by atoms with Gasteiger partial charge in [0.1, 0.15) is 0 Å². The Morgan fingerprint density at radius 3 is 2.16 bits per heavy atom.